The summed E-state index contributed by atoms with van der Waals surface area (Å²) >= 11 is 0. The van der Waals surface area contributed by atoms with E-state index in [4.69, 9.17) is 9.72 Å². The van der Waals surface area contributed by atoms with Crippen molar-refractivity contribution in [3.63, 3.8) is 0 Å². The van der Waals surface area contributed by atoms with Crippen LogP contribution in [0, 0.1) is 31.0 Å². The van der Waals surface area contributed by atoms with Gasteiger partial charge >= 0.3 is 11.8 Å². The van der Waals surface area contributed by atoms with Gasteiger partial charge in [0.1, 0.15) is 23.3 Å². The Bertz CT molecular complexity index is 1940. The molecule has 1 saturated heterocycles. The predicted molar refractivity (Wildman–Crippen MR) is 176 cm³/mol. The molecule has 2 atom stereocenters. The number of carbonyl (C=O) groups excluding carboxylic acids is 1. The van der Waals surface area contributed by atoms with Crippen LogP contribution in [0.2, 0.25) is 0 Å². The van der Waals surface area contributed by atoms with E-state index < -0.39 is 23.2 Å². The fourth-order valence-electron chi connectivity index (χ4n) is 5.95. The number of anilines is 1. The number of fused-ring (bicyclic) bond motifs is 1. The molecular weight excluding hydrogens is 585 g/mol. The molecule has 10 nitrogen and oxygen atoms in total. The number of nitriles is 1. The largest absolute Gasteiger partial charge is 0.444 e. The quantitative estimate of drug-likeness (QED) is 0.255. The van der Waals surface area contributed by atoms with Crippen molar-refractivity contribution in [2.24, 2.45) is 0 Å². The smallest absolute Gasteiger partial charge is 0.410 e. The Labute approximate surface area is 268 Å². The van der Waals surface area contributed by atoms with Crippen LogP contribution in [0.25, 0.3) is 28.0 Å². The highest BCUT2D eigenvalue weighted by molar-refractivity contribution is 5.92. The van der Waals surface area contributed by atoms with Crippen molar-refractivity contribution in [1.82, 2.24) is 24.4 Å². The van der Waals surface area contributed by atoms with Crippen LogP contribution in [0.5, 0.6) is 0 Å². The monoisotopic (exact) mass is 625 g/mol. The number of benzene rings is 1. The summed E-state index contributed by atoms with van der Waals surface area (Å²) < 4.78 is 22.6. The van der Waals surface area contributed by atoms with Gasteiger partial charge in [0.25, 0.3) is 0 Å². The Kier molecular flexibility index (Phi) is 8.60. The van der Waals surface area contributed by atoms with Crippen LogP contribution in [0.4, 0.5) is 15.0 Å². The third-order valence-corrected chi connectivity index (χ3v) is 8.23. The lowest BCUT2D eigenvalue weighted by atomic mass is 10.0. The fourth-order valence-corrected chi connectivity index (χ4v) is 5.95. The molecule has 1 aliphatic rings. The summed E-state index contributed by atoms with van der Waals surface area (Å²) in [5.41, 5.74) is 1.88. The van der Waals surface area contributed by atoms with Crippen molar-refractivity contribution in [2.45, 2.75) is 85.9 Å². The maximum atomic E-state index is 15.5. The van der Waals surface area contributed by atoms with Crippen molar-refractivity contribution in [1.29, 1.82) is 5.26 Å². The molecule has 0 saturated carbocycles. The maximum Gasteiger partial charge on any atom is 0.410 e. The van der Waals surface area contributed by atoms with Crippen molar-refractivity contribution in [3.8, 4) is 23.0 Å². The Hall–Kier alpha value is -4.85. The number of halogens is 1. The summed E-state index contributed by atoms with van der Waals surface area (Å²) in [5, 5.41) is 10.8. The third-order valence-electron chi connectivity index (χ3n) is 8.23. The van der Waals surface area contributed by atoms with E-state index in [0.29, 0.717) is 41.2 Å². The molecule has 0 unspecified atom stereocenters. The number of amides is 1. The van der Waals surface area contributed by atoms with Gasteiger partial charge in [-0.25, -0.2) is 23.5 Å². The number of nitrogens with zero attached hydrogens (tertiary/aromatic N) is 7. The van der Waals surface area contributed by atoms with Gasteiger partial charge in [-0.1, -0.05) is 26.0 Å². The van der Waals surface area contributed by atoms with E-state index in [1.165, 1.54) is 4.57 Å². The Morgan fingerprint density at radius 3 is 2.46 bits per heavy atom. The summed E-state index contributed by atoms with van der Waals surface area (Å²) in [6.07, 6.45) is 1.29. The molecule has 11 heteroatoms. The molecule has 4 aromatic rings. The van der Waals surface area contributed by atoms with Gasteiger partial charge in [0, 0.05) is 36.9 Å². The van der Waals surface area contributed by atoms with Crippen LogP contribution in [0.3, 0.4) is 0 Å². The molecular formula is C35H40FN7O3. The molecule has 1 aromatic carbocycles. The van der Waals surface area contributed by atoms with Crippen LogP contribution in [-0.4, -0.2) is 61.3 Å². The highest BCUT2D eigenvalue weighted by atomic mass is 19.1. The Balaban J connectivity index is 1.79. The van der Waals surface area contributed by atoms with Gasteiger partial charge in [-0.2, -0.15) is 10.2 Å². The lowest BCUT2D eigenvalue weighted by Crippen LogP contribution is -2.59. The molecule has 0 bridgehead atoms. The minimum atomic E-state index is -0.646. The average molecular weight is 626 g/mol. The number of hydrogen-bond donors (Lipinski definition) is 0. The summed E-state index contributed by atoms with van der Waals surface area (Å²) in [6.45, 7) is 17.5. The first kappa shape index (κ1) is 32.5. The fraction of sp³-hybridized carbons (Fsp3) is 0.429. The molecule has 4 heterocycles. The zero-order chi connectivity index (χ0) is 33.7. The molecule has 1 aliphatic heterocycles. The summed E-state index contributed by atoms with van der Waals surface area (Å²) in [5.74, 6) is -0.187. The zero-order valence-electron chi connectivity index (χ0n) is 27.8. The van der Waals surface area contributed by atoms with Gasteiger partial charge in [-0.3, -0.25) is 4.98 Å². The van der Waals surface area contributed by atoms with Crippen LogP contribution in [-0.2, 0) is 4.74 Å². The SMILES string of the molecule is Cc1cccc(-c2nc3c(cc2C#N)c(N2C[C@@H](C)N(C(=O)OC(C)(C)C)C[C@@H]2C)nc(=O)n3-c2c(C)ccnc2C(C)C)c1F. The highest BCUT2D eigenvalue weighted by Crippen LogP contribution is 2.35. The zero-order valence-corrected chi connectivity index (χ0v) is 27.8. The molecule has 5 rings (SSSR count). The van der Waals surface area contributed by atoms with Crippen LogP contribution < -0.4 is 10.6 Å². The van der Waals surface area contributed by atoms with E-state index in [9.17, 15) is 14.9 Å². The second-order valence-electron chi connectivity index (χ2n) is 13.4. The van der Waals surface area contributed by atoms with E-state index in [2.05, 4.69) is 16.0 Å². The molecule has 46 heavy (non-hydrogen) atoms. The summed E-state index contributed by atoms with van der Waals surface area (Å²) in [7, 11) is 0. The van der Waals surface area contributed by atoms with E-state index in [1.54, 1.807) is 42.3 Å². The van der Waals surface area contributed by atoms with Crippen LogP contribution >= 0.6 is 0 Å². The van der Waals surface area contributed by atoms with E-state index in [1.807, 2.05) is 66.4 Å². The minimum Gasteiger partial charge on any atom is -0.444 e. The number of rotatable bonds is 4. The van der Waals surface area contributed by atoms with Crippen molar-refractivity contribution in [3.05, 3.63) is 75.2 Å². The van der Waals surface area contributed by atoms with Crippen molar-refractivity contribution < 1.29 is 13.9 Å². The first-order chi connectivity index (χ1) is 21.6. The molecule has 0 aliphatic carbocycles. The average Bonchev–Trinajstić information content (AvgIpc) is 2.98. The molecule has 0 N–H and O–H groups in total. The van der Waals surface area contributed by atoms with Crippen LogP contribution in [0.15, 0.2) is 41.3 Å². The maximum absolute atomic E-state index is 15.5. The van der Waals surface area contributed by atoms with Gasteiger partial charge in [0.15, 0.2) is 5.65 Å². The lowest BCUT2D eigenvalue weighted by Gasteiger charge is -2.44. The molecule has 0 radical (unpaired) electrons. The van der Waals surface area contributed by atoms with Crippen molar-refractivity contribution in [2.75, 3.05) is 18.0 Å². The van der Waals surface area contributed by atoms with Gasteiger partial charge in [-0.15, -0.1) is 0 Å². The Morgan fingerprint density at radius 2 is 1.80 bits per heavy atom. The summed E-state index contributed by atoms with van der Waals surface area (Å²) in [6, 6.07) is 10.0. The second-order valence-corrected chi connectivity index (χ2v) is 13.4. The summed E-state index contributed by atoms with van der Waals surface area (Å²) in [4.78, 5) is 45.0. The number of carbonyl (C=O) groups is 1. The molecule has 0 spiro atoms. The second kappa shape index (κ2) is 12.2. The number of aromatic nitrogens is 4. The van der Waals surface area contributed by atoms with Gasteiger partial charge in [-0.05, 0) is 83.7 Å². The Morgan fingerprint density at radius 1 is 1.09 bits per heavy atom. The topological polar surface area (TPSA) is 117 Å². The number of hydrogen-bond acceptors (Lipinski definition) is 8. The molecule has 1 amide bonds. The van der Waals surface area contributed by atoms with Gasteiger partial charge < -0.3 is 14.5 Å². The number of aryl methyl sites for hydroxylation is 2. The van der Waals surface area contributed by atoms with Crippen LogP contribution in [0.1, 0.15) is 76.8 Å². The molecule has 240 valence electrons. The van der Waals surface area contributed by atoms with E-state index in [0.717, 1.165) is 5.56 Å². The molecule has 3 aromatic heterocycles. The standard InChI is InChI=1S/C35H40FN7O3/c1-19(2)28-30(21(4)13-14-38-28)43-32-26(15-24(16-37)29(39-32)25-12-10-11-20(3)27(25)36)31(40-33(43)44)41-17-23(6)42(18-22(41)5)34(45)46-35(7,8)9/h10-15,19,22-23H,17-18H2,1-9H3/t22-,23+/m0/s1. The predicted octanol–water partition coefficient (Wildman–Crippen LogP) is 6.43. The lowest BCUT2D eigenvalue weighted by molar-refractivity contribution is 0.0130. The highest BCUT2D eigenvalue weighted by Gasteiger charge is 2.36. The minimum absolute atomic E-state index is 0.0367. The number of ether oxygens (including phenoxy) is 1. The van der Waals surface area contributed by atoms with E-state index in [-0.39, 0.29) is 40.5 Å². The van der Waals surface area contributed by atoms with Gasteiger partial charge in [0.05, 0.1) is 28.0 Å². The first-order valence-corrected chi connectivity index (χ1v) is 15.5. The first-order valence-electron chi connectivity index (χ1n) is 15.5. The van der Waals surface area contributed by atoms with Gasteiger partial charge in [0.2, 0.25) is 0 Å². The molecule has 1 fully saturated rings. The number of pyridine rings is 2. The van der Waals surface area contributed by atoms with Crippen molar-refractivity contribution >= 4 is 22.9 Å². The third kappa shape index (κ3) is 5.91. The van der Waals surface area contributed by atoms with E-state index >= 15 is 4.39 Å². The number of piperazine rings is 1. The normalized spacial score (nSPS) is 17.0.